The standard InChI is InChI=1S/C29H29N3O3/c1-2-17-31(29(34)27-16-10-19-35-27)23-28(33)32(21-25-13-7-4-8-14-25)22-26-15-9-18-30(26)20-24-11-5-3-6-12-24/h2-16,18-19H,1,17,20-23H2. The third-order valence-corrected chi connectivity index (χ3v) is 5.74. The molecule has 0 aliphatic rings. The molecule has 0 atom stereocenters. The van der Waals surface area contributed by atoms with Crippen LogP contribution in [0.5, 0.6) is 0 Å². The molecule has 0 radical (unpaired) electrons. The number of furan rings is 1. The summed E-state index contributed by atoms with van der Waals surface area (Å²) in [7, 11) is 0. The first kappa shape index (κ1) is 23.8. The molecule has 35 heavy (non-hydrogen) atoms. The second-order valence-electron chi connectivity index (χ2n) is 8.30. The average Bonchev–Trinajstić information content (AvgIpc) is 3.57. The van der Waals surface area contributed by atoms with Crippen molar-refractivity contribution in [3.63, 3.8) is 0 Å². The van der Waals surface area contributed by atoms with Crippen molar-refractivity contribution in [3.05, 3.63) is 133 Å². The molecule has 6 heteroatoms. The second-order valence-corrected chi connectivity index (χ2v) is 8.30. The first-order valence-electron chi connectivity index (χ1n) is 11.6. The summed E-state index contributed by atoms with van der Waals surface area (Å²) < 4.78 is 7.41. The maximum absolute atomic E-state index is 13.6. The van der Waals surface area contributed by atoms with Gasteiger partial charge in [-0.3, -0.25) is 9.59 Å². The lowest BCUT2D eigenvalue weighted by atomic mass is 10.2. The average molecular weight is 468 g/mol. The number of hydrogen-bond acceptors (Lipinski definition) is 3. The summed E-state index contributed by atoms with van der Waals surface area (Å²) >= 11 is 0. The van der Waals surface area contributed by atoms with Crippen LogP contribution in [-0.2, 0) is 24.4 Å². The van der Waals surface area contributed by atoms with E-state index < -0.39 is 0 Å². The van der Waals surface area contributed by atoms with Gasteiger partial charge in [0.1, 0.15) is 6.54 Å². The van der Waals surface area contributed by atoms with E-state index in [1.165, 1.54) is 16.7 Å². The van der Waals surface area contributed by atoms with Crippen LogP contribution in [0.2, 0.25) is 0 Å². The zero-order valence-electron chi connectivity index (χ0n) is 19.6. The lowest BCUT2D eigenvalue weighted by molar-refractivity contribution is -0.133. The Balaban J connectivity index is 1.55. The molecule has 0 saturated carbocycles. The zero-order valence-corrected chi connectivity index (χ0v) is 19.6. The molecule has 2 heterocycles. The predicted molar refractivity (Wildman–Crippen MR) is 135 cm³/mol. The first-order chi connectivity index (χ1) is 17.1. The molecule has 0 unspecified atom stereocenters. The second kappa shape index (κ2) is 11.7. The van der Waals surface area contributed by atoms with Crippen molar-refractivity contribution in [1.29, 1.82) is 0 Å². The van der Waals surface area contributed by atoms with E-state index in [4.69, 9.17) is 4.42 Å². The summed E-state index contributed by atoms with van der Waals surface area (Å²) in [6.07, 6.45) is 5.09. The van der Waals surface area contributed by atoms with Crippen LogP contribution in [-0.4, -0.2) is 39.3 Å². The smallest absolute Gasteiger partial charge is 0.290 e. The van der Waals surface area contributed by atoms with Gasteiger partial charge >= 0.3 is 0 Å². The lowest BCUT2D eigenvalue weighted by Gasteiger charge is -2.27. The minimum Gasteiger partial charge on any atom is -0.459 e. The topological polar surface area (TPSA) is 58.7 Å². The molecule has 2 amide bonds. The highest BCUT2D eigenvalue weighted by molar-refractivity contribution is 5.94. The Hall–Kier alpha value is -4.32. The quantitative estimate of drug-likeness (QED) is 0.292. The Kier molecular flexibility index (Phi) is 7.96. The Bertz CT molecular complexity index is 1230. The summed E-state index contributed by atoms with van der Waals surface area (Å²) in [5.41, 5.74) is 3.23. The van der Waals surface area contributed by atoms with E-state index in [1.807, 2.05) is 66.9 Å². The molecular weight excluding hydrogens is 438 g/mol. The van der Waals surface area contributed by atoms with E-state index in [0.29, 0.717) is 13.1 Å². The van der Waals surface area contributed by atoms with Gasteiger partial charge in [-0.1, -0.05) is 66.7 Å². The SMILES string of the molecule is C=CCN(CC(=O)N(Cc1ccccc1)Cc1cccn1Cc1ccccc1)C(=O)c1ccco1. The minimum atomic E-state index is -0.338. The van der Waals surface area contributed by atoms with Crippen LogP contribution in [0.4, 0.5) is 0 Å². The van der Waals surface area contributed by atoms with Gasteiger partial charge in [0.15, 0.2) is 5.76 Å². The van der Waals surface area contributed by atoms with Gasteiger partial charge in [-0.2, -0.15) is 0 Å². The Morgan fingerprint density at radius 2 is 1.54 bits per heavy atom. The highest BCUT2D eigenvalue weighted by Crippen LogP contribution is 2.15. The highest BCUT2D eigenvalue weighted by atomic mass is 16.3. The molecule has 4 rings (SSSR count). The van der Waals surface area contributed by atoms with Crippen molar-refractivity contribution in [3.8, 4) is 0 Å². The Morgan fingerprint density at radius 3 is 2.20 bits per heavy atom. The van der Waals surface area contributed by atoms with Crippen LogP contribution in [0.3, 0.4) is 0 Å². The van der Waals surface area contributed by atoms with Gasteiger partial charge in [0.2, 0.25) is 5.91 Å². The molecule has 0 N–H and O–H groups in total. The van der Waals surface area contributed by atoms with Crippen molar-refractivity contribution in [1.82, 2.24) is 14.4 Å². The van der Waals surface area contributed by atoms with E-state index >= 15 is 0 Å². The molecule has 2 aromatic heterocycles. The highest BCUT2D eigenvalue weighted by Gasteiger charge is 2.24. The van der Waals surface area contributed by atoms with Crippen LogP contribution in [0.15, 0.2) is 114 Å². The van der Waals surface area contributed by atoms with Gasteiger partial charge in [-0.05, 0) is 35.4 Å². The van der Waals surface area contributed by atoms with Gasteiger partial charge in [0.05, 0.1) is 12.8 Å². The molecule has 0 aliphatic heterocycles. The number of amides is 2. The van der Waals surface area contributed by atoms with Crippen molar-refractivity contribution in [2.24, 2.45) is 0 Å². The van der Waals surface area contributed by atoms with Gasteiger partial charge in [0.25, 0.3) is 5.91 Å². The lowest BCUT2D eigenvalue weighted by Crippen LogP contribution is -2.42. The number of aromatic nitrogens is 1. The van der Waals surface area contributed by atoms with E-state index in [9.17, 15) is 9.59 Å². The molecule has 178 valence electrons. The normalized spacial score (nSPS) is 10.6. The molecule has 0 spiro atoms. The molecular formula is C29H29N3O3. The summed E-state index contributed by atoms with van der Waals surface area (Å²) in [4.78, 5) is 29.7. The summed E-state index contributed by atoms with van der Waals surface area (Å²) in [5, 5.41) is 0. The minimum absolute atomic E-state index is 0.0716. The fraction of sp³-hybridized carbons (Fsp3) is 0.172. The zero-order chi connectivity index (χ0) is 24.5. The number of hydrogen-bond donors (Lipinski definition) is 0. The first-order valence-corrected chi connectivity index (χ1v) is 11.6. The van der Waals surface area contributed by atoms with E-state index in [0.717, 1.165) is 17.8 Å². The van der Waals surface area contributed by atoms with Crippen LogP contribution < -0.4 is 0 Å². The van der Waals surface area contributed by atoms with Crippen molar-refractivity contribution >= 4 is 11.8 Å². The molecule has 4 aromatic rings. The van der Waals surface area contributed by atoms with Crippen molar-refractivity contribution in [2.75, 3.05) is 13.1 Å². The van der Waals surface area contributed by atoms with Crippen LogP contribution in [0.25, 0.3) is 0 Å². The van der Waals surface area contributed by atoms with Crippen LogP contribution >= 0.6 is 0 Å². The summed E-state index contributed by atoms with van der Waals surface area (Å²) in [6, 6.07) is 27.4. The van der Waals surface area contributed by atoms with Crippen LogP contribution in [0, 0.1) is 0 Å². The maximum atomic E-state index is 13.6. The predicted octanol–water partition coefficient (Wildman–Crippen LogP) is 4.99. The Morgan fingerprint density at radius 1 is 0.829 bits per heavy atom. The van der Waals surface area contributed by atoms with Gasteiger partial charge in [0, 0.05) is 31.5 Å². The van der Waals surface area contributed by atoms with Crippen molar-refractivity contribution in [2.45, 2.75) is 19.6 Å². The molecule has 2 aromatic carbocycles. The molecule has 6 nitrogen and oxygen atoms in total. The summed E-state index contributed by atoms with van der Waals surface area (Å²) in [5.74, 6) is -0.288. The van der Waals surface area contributed by atoms with E-state index in [2.05, 4.69) is 23.3 Å². The summed E-state index contributed by atoms with van der Waals surface area (Å²) in [6.45, 7) is 5.49. The largest absolute Gasteiger partial charge is 0.459 e. The fourth-order valence-corrected chi connectivity index (χ4v) is 3.95. The molecule has 0 fully saturated rings. The van der Waals surface area contributed by atoms with E-state index in [1.54, 1.807) is 23.1 Å². The van der Waals surface area contributed by atoms with Crippen molar-refractivity contribution < 1.29 is 14.0 Å². The molecule has 0 saturated heterocycles. The van der Waals surface area contributed by atoms with Gasteiger partial charge in [-0.25, -0.2) is 0 Å². The molecule has 0 aliphatic carbocycles. The van der Waals surface area contributed by atoms with Crippen LogP contribution in [0.1, 0.15) is 27.4 Å². The van der Waals surface area contributed by atoms with E-state index in [-0.39, 0.29) is 30.7 Å². The molecule has 0 bridgehead atoms. The Labute approximate surface area is 205 Å². The maximum Gasteiger partial charge on any atom is 0.290 e. The van der Waals surface area contributed by atoms with Gasteiger partial charge < -0.3 is 18.8 Å². The van der Waals surface area contributed by atoms with Gasteiger partial charge in [-0.15, -0.1) is 6.58 Å². The number of nitrogens with zero attached hydrogens (tertiary/aromatic N) is 3. The number of benzene rings is 2. The number of carbonyl (C=O) groups is 2. The third kappa shape index (κ3) is 6.38. The number of rotatable bonds is 11. The third-order valence-electron chi connectivity index (χ3n) is 5.74. The number of carbonyl (C=O) groups excluding carboxylic acids is 2. The monoisotopic (exact) mass is 467 g/mol. The fourth-order valence-electron chi connectivity index (χ4n) is 3.95.